The number of amidine groups is 1. The van der Waals surface area contributed by atoms with Gasteiger partial charge in [0, 0.05) is 0 Å². The minimum absolute atomic E-state index is 0.194. The van der Waals surface area contributed by atoms with E-state index in [1.54, 1.807) is 49.6 Å². The molecule has 0 amide bonds. The molecule has 0 unspecified atom stereocenters. The van der Waals surface area contributed by atoms with Gasteiger partial charge in [-0.2, -0.15) is 0 Å². The Hall–Kier alpha value is -2.12. The first-order valence-electron chi connectivity index (χ1n) is 6.35. The van der Waals surface area contributed by atoms with Crippen LogP contribution < -0.4 is 10.3 Å². The van der Waals surface area contributed by atoms with Gasteiger partial charge in [-0.25, -0.2) is 8.42 Å². The Morgan fingerprint density at radius 3 is 2.57 bits per heavy atom. The number of nitrogens with one attached hydrogen (secondary N) is 2. The van der Waals surface area contributed by atoms with Crippen LogP contribution in [0.2, 0.25) is 0 Å². The fraction of sp³-hybridized carbons (Fsp3) is 0.214. The number of rotatable bonds is 5. The molecule has 0 fully saturated rings. The molecular formula is C14H17N3O3S. The van der Waals surface area contributed by atoms with Crippen LogP contribution in [0.3, 0.4) is 0 Å². The lowest BCUT2D eigenvalue weighted by atomic mass is 10.2. The maximum absolute atomic E-state index is 12.0. The van der Waals surface area contributed by atoms with Gasteiger partial charge in [0.1, 0.15) is 11.6 Å². The van der Waals surface area contributed by atoms with Crippen molar-refractivity contribution in [3.63, 3.8) is 0 Å². The normalized spacial score (nSPS) is 12.4. The molecule has 112 valence electrons. The van der Waals surface area contributed by atoms with E-state index in [-0.39, 0.29) is 4.90 Å². The second-order valence-electron chi connectivity index (χ2n) is 4.52. The van der Waals surface area contributed by atoms with Crippen molar-refractivity contribution in [2.75, 3.05) is 0 Å². The summed E-state index contributed by atoms with van der Waals surface area (Å²) < 4.78 is 29.2. The first-order valence-corrected chi connectivity index (χ1v) is 7.83. The van der Waals surface area contributed by atoms with Gasteiger partial charge in [-0.3, -0.25) is 10.4 Å². The van der Waals surface area contributed by atoms with Crippen molar-refractivity contribution in [2.24, 2.45) is 4.99 Å². The van der Waals surface area contributed by atoms with E-state index in [4.69, 9.17) is 4.42 Å². The predicted molar refractivity (Wildman–Crippen MR) is 80.2 cm³/mol. The third-order valence-electron chi connectivity index (χ3n) is 2.75. The summed E-state index contributed by atoms with van der Waals surface area (Å²) in [5, 5.41) is 0. The zero-order chi connectivity index (χ0) is 15.3. The Labute approximate surface area is 123 Å². The van der Waals surface area contributed by atoms with Gasteiger partial charge in [0.05, 0.1) is 17.7 Å². The molecule has 1 aromatic heterocycles. The van der Waals surface area contributed by atoms with Gasteiger partial charge in [-0.1, -0.05) is 17.7 Å². The predicted octanol–water partition coefficient (Wildman–Crippen LogP) is 1.99. The lowest BCUT2D eigenvalue weighted by molar-refractivity contribution is 0.512. The molecule has 0 saturated heterocycles. The second-order valence-corrected chi connectivity index (χ2v) is 6.21. The molecule has 2 N–H and O–H groups in total. The zero-order valence-electron chi connectivity index (χ0n) is 11.8. The maximum atomic E-state index is 12.0. The summed E-state index contributed by atoms with van der Waals surface area (Å²) in [6, 6.07) is 10.2. The van der Waals surface area contributed by atoms with E-state index in [9.17, 15) is 8.42 Å². The number of benzene rings is 1. The van der Waals surface area contributed by atoms with E-state index in [2.05, 4.69) is 15.2 Å². The minimum atomic E-state index is -3.61. The van der Waals surface area contributed by atoms with E-state index in [1.807, 2.05) is 6.92 Å². The molecule has 1 heterocycles. The number of sulfonamides is 1. The average Bonchev–Trinajstić information content (AvgIpc) is 2.97. The highest BCUT2D eigenvalue weighted by atomic mass is 32.2. The SMILES string of the molecule is CC(=NCc1ccco1)NNS(=O)(=O)c1ccc(C)cc1. The molecule has 0 saturated carbocycles. The van der Waals surface area contributed by atoms with Gasteiger partial charge in [-0.05, 0) is 38.1 Å². The van der Waals surface area contributed by atoms with Crippen LogP contribution in [0.25, 0.3) is 0 Å². The van der Waals surface area contributed by atoms with Crippen LogP contribution in [0.4, 0.5) is 0 Å². The molecule has 1 aromatic carbocycles. The number of hydrogen-bond donors (Lipinski definition) is 2. The topological polar surface area (TPSA) is 83.7 Å². The fourth-order valence-corrected chi connectivity index (χ4v) is 2.45. The van der Waals surface area contributed by atoms with Crippen molar-refractivity contribution < 1.29 is 12.8 Å². The fourth-order valence-electron chi connectivity index (χ4n) is 1.56. The van der Waals surface area contributed by atoms with Crippen molar-refractivity contribution in [2.45, 2.75) is 25.3 Å². The number of aliphatic imine (C=N–C) groups is 1. The Bertz CT molecular complexity index is 704. The van der Waals surface area contributed by atoms with E-state index in [0.29, 0.717) is 18.1 Å². The Morgan fingerprint density at radius 1 is 1.24 bits per heavy atom. The van der Waals surface area contributed by atoms with Crippen molar-refractivity contribution >= 4 is 15.9 Å². The molecule has 0 bridgehead atoms. The number of nitrogens with zero attached hydrogens (tertiary/aromatic N) is 1. The third kappa shape index (κ3) is 4.44. The average molecular weight is 307 g/mol. The molecule has 0 radical (unpaired) electrons. The number of aryl methyl sites for hydroxylation is 1. The molecule has 0 atom stereocenters. The number of hydrazine groups is 1. The van der Waals surface area contributed by atoms with Crippen LogP contribution in [0, 0.1) is 6.92 Å². The van der Waals surface area contributed by atoms with Crippen LogP contribution in [-0.4, -0.2) is 14.3 Å². The molecule has 2 rings (SSSR count). The smallest absolute Gasteiger partial charge is 0.257 e. The van der Waals surface area contributed by atoms with Crippen molar-refractivity contribution in [3.8, 4) is 0 Å². The highest BCUT2D eigenvalue weighted by molar-refractivity contribution is 7.89. The Balaban J connectivity index is 1.95. The van der Waals surface area contributed by atoms with Crippen LogP contribution in [0.1, 0.15) is 18.2 Å². The molecule has 6 nitrogen and oxygen atoms in total. The maximum Gasteiger partial charge on any atom is 0.257 e. The van der Waals surface area contributed by atoms with Crippen LogP contribution >= 0.6 is 0 Å². The molecular weight excluding hydrogens is 290 g/mol. The van der Waals surface area contributed by atoms with Crippen LogP contribution in [0.15, 0.2) is 57.0 Å². The van der Waals surface area contributed by atoms with Gasteiger partial charge in [-0.15, -0.1) is 4.83 Å². The summed E-state index contributed by atoms with van der Waals surface area (Å²) in [4.78, 5) is 6.64. The molecule has 2 aromatic rings. The molecule has 0 aliphatic rings. The summed E-state index contributed by atoms with van der Waals surface area (Å²) in [6.45, 7) is 3.91. The Morgan fingerprint density at radius 2 is 1.95 bits per heavy atom. The van der Waals surface area contributed by atoms with Crippen molar-refractivity contribution in [1.29, 1.82) is 0 Å². The first kappa shape index (κ1) is 15.3. The van der Waals surface area contributed by atoms with Gasteiger partial charge in [0.15, 0.2) is 0 Å². The number of furan rings is 1. The molecule has 0 aliphatic carbocycles. The van der Waals surface area contributed by atoms with Gasteiger partial charge in [0.2, 0.25) is 0 Å². The van der Waals surface area contributed by atoms with Gasteiger partial charge in [0.25, 0.3) is 10.0 Å². The van der Waals surface area contributed by atoms with Gasteiger partial charge < -0.3 is 4.42 Å². The van der Waals surface area contributed by atoms with Crippen LogP contribution in [-0.2, 0) is 16.6 Å². The molecule has 21 heavy (non-hydrogen) atoms. The molecule has 0 spiro atoms. The van der Waals surface area contributed by atoms with E-state index in [0.717, 1.165) is 5.56 Å². The van der Waals surface area contributed by atoms with E-state index >= 15 is 0 Å². The lowest BCUT2D eigenvalue weighted by Crippen LogP contribution is -2.40. The lowest BCUT2D eigenvalue weighted by Gasteiger charge is -2.09. The minimum Gasteiger partial charge on any atom is -0.467 e. The van der Waals surface area contributed by atoms with Crippen molar-refractivity contribution in [1.82, 2.24) is 10.3 Å². The third-order valence-corrected chi connectivity index (χ3v) is 4.01. The monoisotopic (exact) mass is 307 g/mol. The highest BCUT2D eigenvalue weighted by Crippen LogP contribution is 2.09. The van der Waals surface area contributed by atoms with Crippen LogP contribution in [0.5, 0.6) is 0 Å². The quantitative estimate of drug-likeness (QED) is 0.503. The first-order chi connectivity index (χ1) is 9.97. The van der Waals surface area contributed by atoms with Gasteiger partial charge >= 0.3 is 0 Å². The van der Waals surface area contributed by atoms with E-state index < -0.39 is 10.0 Å². The summed E-state index contributed by atoms with van der Waals surface area (Å²) in [6.07, 6.45) is 1.56. The Kier molecular flexibility index (Phi) is 4.77. The number of hydrogen-bond acceptors (Lipinski definition) is 4. The zero-order valence-corrected chi connectivity index (χ0v) is 12.6. The summed E-state index contributed by atoms with van der Waals surface area (Å²) in [7, 11) is -3.61. The molecule has 0 aliphatic heterocycles. The van der Waals surface area contributed by atoms with E-state index in [1.165, 1.54) is 0 Å². The standard InChI is InChI=1S/C14H17N3O3S/c1-11-5-7-14(8-6-11)21(18,19)17-16-12(2)15-10-13-4-3-9-20-13/h3-9,17H,10H2,1-2H3,(H,15,16). The highest BCUT2D eigenvalue weighted by Gasteiger charge is 2.12. The molecule has 7 heteroatoms. The summed E-state index contributed by atoms with van der Waals surface area (Å²) in [5.41, 5.74) is 3.57. The summed E-state index contributed by atoms with van der Waals surface area (Å²) in [5.74, 6) is 1.15. The van der Waals surface area contributed by atoms with Crippen molar-refractivity contribution in [3.05, 3.63) is 54.0 Å². The largest absolute Gasteiger partial charge is 0.467 e. The summed E-state index contributed by atoms with van der Waals surface area (Å²) >= 11 is 0. The second kappa shape index (κ2) is 6.55.